The number of thioether (sulfide) groups is 1. The fourth-order valence-corrected chi connectivity index (χ4v) is 6.60. The number of pyridine rings is 1. The molecule has 0 spiro atoms. The van der Waals surface area contributed by atoms with Gasteiger partial charge in [0, 0.05) is 18.7 Å². The van der Waals surface area contributed by atoms with E-state index >= 15 is 0 Å². The molecule has 3 aliphatic heterocycles. The lowest BCUT2D eigenvalue weighted by atomic mass is 9.94. The Morgan fingerprint density at radius 2 is 2.12 bits per heavy atom. The number of aromatic amines is 1. The summed E-state index contributed by atoms with van der Waals surface area (Å²) < 4.78 is 9.68. The molecule has 2 atom stereocenters. The molecule has 5 heterocycles. The molecule has 7 nitrogen and oxygen atoms in total. The van der Waals surface area contributed by atoms with E-state index in [1.807, 2.05) is 28.3 Å². The molecule has 1 fully saturated rings. The maximum absolute atomic E-state index is 13.5. The lowest BCUT2D eigenvalue weighted by Gasteiger charge is -2.36. The minimum absolute atomic E-state index is 0.0000466. The number of fused-ring (bicyclic) bond motifs is 1. The Hall–Kier alpha value is -2.58. The van der Waals surface area contributed by atoms with E-state index < -0.39 is 0 Å². The zero-order valence-electron chi connectivity index (χ0n) is 18.5. The van der Waals surface area contributed by atoms with Crippen LogP contribution in [0.5, 0.6) is 0 Å². The van der Waals surface area contributed by atoms with Gasteiger partial charge in [0.15, 0.2) is 5.82 Å². The third-order valence-corrected chi connectivity index (χ3v) is 8.05. The van der Waals surface area contributed by atoms with Crippen molar-refractivity contribution in [3.63, 3.8) is 0 Å². The maximum Gasteiger partial charge on any atom is 0.271 e. The molecule has 0 amide bonds. The van der Waals surface area contributed by atoms with Gasteiger partial charge in [0.25, 0.3) is 11.1 Å². The van der Waals surface area contributed by atoms with Gasteiger partial charge in [-0.3, -0.25) is 19.4 Å². The second-order valence-corrected chi connectivity index (χ2v) is 10.9. The summed E-state index contributed by atoms with van der Waals surface area (Å²) in [6.07, 6.45) is 2.48. The van der Waals surface area contributed by atoms with Gasteiger partial charge in [-0.1, -0.05) is 30.0 Å². The van der Waals surface area contributed by atoms with Gasteiger partial charge in [-0.15, -0.1) is 0 Å². The molecule has 32 heavy (non-hydrogen) atoms. The first-order valence-corrected chi connectivity index (χ1v) is 12.1. The SMILES string of the molecule is CC1=Nc2c(c(=O)[nH]n2C2CCOC(C)(C)C2)C(c2cc3cccc4c3n(c2=O)CC4)S1. The fraction of sp³-hybridized carbons (Fsp3) is 0.458. The van der Waals surface area contributed by atoms with Crippen LogP contribution < -0.4 is 11.1 Å². The van der Waals surface area contributed by atoms with Gasteiger partial charge >= 0.3 is 0 Å². The molecule has 166 valence electrons. The summed E-state index contributed by atoms with van der Waals surface area (Å²) in [6.45, 7) is 7.44. The van der Waals surface area contributed by atoms with Crippen molar-refractivity contribution in [2.45, 2.75) is 63.5 Å². The Kier molecular flexibility index (Phi) is 4.36. The van der Waals surface area contributed by atoms with Crippen molar-refractivity contribution in [1.29, 1.82) is 0 Å². The van der Waals surface area contributed by atoms with Crippen molar-refractivity contribution in [3.05, 3.63) is 61.7 Å². The quantitative estimate of drug-likeness (QED) is 0.638. The van der Waals surface area contributed by atoms with Gasteiger partial charge in [0.05, 0.1) is 33.0 Å². The van der Waals surface area contributed by atoms with Gasteiger partial charge in [-0.25, -0.2) is 4.99 Å². The zero-order valence-corrected chi connectivity index (χ0v) is 19.3. The standard InChI is InChI=1S/C24H26N4O3S/c1-13-25-21-18(22(29)26-28(21)16-8-10-31-24(2,3)12-16)20(32-13)17-11-15-6-4-5-14-7-9-27(19(14)15)23(17)30/h4-6,11,16,20H,7-10,12H2,1-3H3,(H,26,29). The van der Waals surface area contributed by atoms with Crippen LogP contribution in [0, 0.1) is 0 Å². The minimum atomic E-state index is -0.370. The van der Waals surface area contributed by atoms with Gasteiger partial charge in [0.1, 0.15) is 0 Å². The Labute approximate surface area is 189 Å². The molecule has 3 aromatic rings. The van der Waals surface area contributed by atoms with Crippen LogP contribution in [-0.2, 0) is 17.7 Å². The number of aryl methyl sites for hydroxylation is 2. The second-order valence-electron chi connectivity index (χ2n) is 9.59. The molecule has 2 aromatic heterocycles. The molecule has 1 N–H and O–H groups in total. The third kappa shape index (κ3) is 2.96. The predicted octanol–water partition coefficient (Wildman–Crippen LogP) is 4.06. The van der Waals surface area contributed by atoms with Gasteiger partial charge in [0.2, 0.25) is 0 Å². The van der Waals surface area contributed by atoms with Gasteiger partial charge in [-0.2, -0.15) is 0 Å². The van der Waals surface area contributed by atoms with E-state index in [1.165, 1.54) is 17.3 Å². The van der Waals surface area contributed by atoms with E-state index in [4.69, 9.17) is 9.73 Å². The first-order valence-electron chi connectivity index (χ1n) is 11.2. The largest absolute Gasteiger partial charge is 0.375 e. The highest BCUT2D eigenvalue weighted by molar-refractivity contribution is 8.14. The average Bonchev–Trinajstić information content (AvgIpc) is 3.32. The average molecular weight is 451 g/mol. The van der Waals surface area contributed by atoms with Crippen LogP contribution in [0.1, 0.15) is 61.6 Å². The van der Waals surface area contributed by atoms with Crippen LogP contribution in [0.2, 0.25) is 0 Å². The molecule has 6 rings (SSSR count). The number of para-hydroxylation sites is 1. The second kappa shape index (κ2) is 6.96. The summed E-state index contributed by atoms with van der Waals surface area (Å²) in [6, 6.07) is 8.28. The number of ether oxygens (including phenoxy) is 1. The van der Waals surface area contributed by atoms with E-state index in [9.17, 15) is 9.59 Å². The van der Waals surface area contributed by atoms with Crippen molar-refractivity contribution < 1.29 is 4.74 Å². The number of hydrogen-bond acceptors (Lipinski definition) is 5. The number of aromatic nitrogens is 3. The van der Waals surface area contributed by atoms with Crippen molar-refractivity contribution in [1.82, 2.24) is 14.3 Å². The maximum atomic E-state index is 13.5. The van der Waals surface area contributed by atoms with Crippen molar-refractivity contribution in [2.24, 2.45) is 4.99 Å². The molecule has 3 aliphatic rings. The van der Waals surface area contributed by atoms with Crippen LogP contribution in [0.15, 0.2) is 38.8 Å². The summed E-state index contributed by atoms with van der Waals surface area (Å²) >= 11 is 1.49. The van der Waals surface area contributed by atoms with Crippen LogP contribution >= 0.6 is 11.8 Å². The topological polar surface area (TPSA) is 81.4 Å². The minimum Gasteiger partial charge on any atom is -0.375 e. The predicted molar refractivity (Wildman–Crippen MR) is 127 cm³/mol. The lowest BCUT2D eigenvalue weighted by Crippen LogP contribution is -2.35. The highest BCUT2D eigenvalue weighted by Gasteiger charge is 2.37. The van der Waals surface area contributed by atoms with Crippen LogP contribution in [0.4, 0.5) is 5.82 Å². The highest BCUT2D eigenvalue weighted by Crippen LogP contribution is 2.45. The van der Waals surface area contributed by atoms with E-state index in [-0.39, 0.29) is 28.0 Å². The molecule has 0 aliphatic carbocycles. The van der Waals surface area contributed by atoms with Crippen molar-refractivity contribution in [3.8, 4) is 0 Å². The fourth-order valence-electron chi connectivity index (χ4n) is 5.49. The van der Waals surface area contributed by atoms with E-state index in [0.29, 0.717) is 30.1 Å². The molecule has 0 bridgehead atoms. The normalized spacial score (nSPS) is 23.9. The Morgan fingerprint density at radius 1 is 1.28 bits per heavy atom. The Balaban J connectivity index is 1.52. The highest BCUT2D eigenvalue weighted by atomic mass is 32.2. The number of aliphatic imine (C=N–C) groups is 1. The monoisotopic (exact) mass is 450 g/mol. The Morgan fingerprint density at radius 3 is 2.94 bits per heavy atom. The summed E-state index contributed by atoms with van der Waals surface area (Å²) in [5.74, 6) is 0.661. The number of nitrogens with zero attached hydrogens (tertiary/aromatic N) is 3. The first kappa shape index (κ1) is 20.1. The first-order chi connectivity index (χ1) is 15.3. The lowest BCUT2D eigenvalue weighted by molar-refractivity contribution is -0.0705. The summed E-state index contributed by atoms with van der Waals surface area (Å²) in [4.78, 5) is 31.5. The molecule has 1 aromatic carbocycles. The van der Waals surface area contributed by atoms with Crippen molar-refractivity contribution in [2.75, 3.05) is 6.61 Å². The Bertz CT molecular complexity index is 1410. The van der Waals surface area contributed by atoms with Crippen LogP contribution in [-0.4, -0.2) is 31.6 Å². The van der Waals surface area contributed by atoms with E-state index in [2.05, 4.69) is 31.1 Å². The zero-order chi connectivity index (χ0) is 22.2. The van der Waals surface area contributed by atoms with E-state index in [1.54, 1.807) is 0 Å². The summed E-state index contributed by atoms with van der Waals surface area (Å²) in [7, 11) is 0. The molecule has 2 unspecified atom stereocenters. The van der Waals surface area contributed by atoms with Gasteiger partial charge < -0.3 is 9.30 Å². The smallest absolute Gasteiger partial charge is 0.271 e. The third-order valence-electron chi connectivity index (χ3n) is 6.90. The number of benzene rings is 1. The molecule has 0 radical (unpaired) electrons. The number of rotatable bonds is 2. The van der Waals surface area contributed by atoms with Crippen molar-refractivity contribution >= 4 is 33.5 Å². The molecule has 1 saturated heterocycles. The summed E-state index contributed by atoms with van der Waals surface area (Å²) in [5.41, 5.74) is 3.08. The molecule has 0 saturated carbocycles. The summed E-state index contributed by atoms with van der Waals surface area (Å²) in [5, 5.41) is 4.60. The van der Waals surface area contributed by atoms with Crippen LogP contribution in [0.3, 0.4) is 0 Å². The number of H-pyrrole nitrogens is 1. The van der Waals surface area contributed by atoms with E-state index in [0.717, 1.165) is 35.2 Å². The van der Waals surface area contributed by atoms with Gasteiger partial charge in [-0.05, 0) is 57.0 Å². The molecular formula is C24H26N4O3S. The van der Waals surface area contributed by atoms with Crippen LogP contribution in [0.25, 0.3) is 10.9 Å². The number of hydrogen-bond donors (Lipinski definition) is 1. The molecule has 8 heteroatoms. The number of nitrogens with one attached hydrogen (secondary N) is 1. The molecular weight excluding hydrogens is 424 g/mol.